The number of carbonyl (C=O) groups excluding carboxylic acids is 1. The fourth-order valence-electron chi connectivity index (χ4n) is 0.492. The number of halogens is 2. The molecule has 4 heteroatoms. The van der Waals surface area contributed by atoms with Crippen molar-refractivity contribution in [3.05, 3.63) is 27.6 Å². The van der Waals surface area contributed by atoms with Gasteiger partial charge < -0.3 is 0 Å². The molecule has 0 amide bonds. The van der Waals surface area contributed by atoms with Gasteiger partial charge in [-0.15, -0.1) is 0 Å². The van der Waals surface area contributed by atoms with Gasteiger partial charge in [0.25, 0.3) is 5.24 Å². The Hall–Kier alpha value is -0.160. The molecule has 1 heterocycles. The van der Waals surface area contributed by atoms with Crippen molar-refractivity contribution < 1.29 is 4.79 Å². The van der Waals surface area contributed by atoms with Crippen LogP contribution in [0.25, 0.3) is 0 Å². The molecule has 0 spiro atoms. The molecule has 1 aromatic heterocycles. The Kier molecular flexibility index (Phi) is 2.62. The fourth-order valence-corrected chi connectivity index (χ4v) is 0.923. The van der Waals surface area contributed by atoms with Gasteiger partial charge in [-0.3, -0.25) is 4.79 Å². The number of rotatable bonds is 1. The van der Waals surface area contributed by atoms with Gasteiger partial charge in [0.15, 0.2) is 0 Å². The zero-order valence-electron chi connectivity index (χ0n) is 4.84. The van der Waals surface area contributed by atoms with E-state index < -0.39 is 5.24 Å². The summed E-state index contributed by atoms with van der Waals surface area (Å²) in [6.45, 7) is 0. The Bertz CT molecular complexity index is 246. The normalized spacial score (nSPS) is 9.40. The highest BCUT2D eigenvalue weighted by molar-refractivity contribution is 14.1. The van der Waals surface area contributed by atoms with Crippen molar-refractivity contribution in [2.45, 2.75) is 0 Å². The van der Waals surface area contributed by atoms with Crippen molar-refractivity contribution in [3.63, 3.8) is 0 Å². The molecule has 0 unspecified atom stereocenters. The summed E-state index contributed by atoms with van der Waals surface area (Å²) in [4.78, 5) is 14.4. The first-order chi connectivity index (χ1) is 4.70. The average molecular weight is 267 g/mol. The highest BCUT2D eigenvalue weighted by Crippen LogP contribution is 2.04. The first kappa shape index (κ1) is 7.94. The molecule has 0 aliphatic rings. The minimum atomic E-state index is -0.469. The van der Waals surface area contributed by atoms with E-state index in [1.807, 2.05) is 0 Å². The third-order valence-electron chi connectivity index (χ3n) is 0.954. The van der Waals surface area contributed by atoms with E-state index in [-0.39, 0.29) is 0 Å². The van der Waals surface area contributed by atoms with Gasteiger partial charge in [0.1, 0.15) is 3.70 Å². The van der Waals surface area contributed by atoms with Crippen LogP contribution in [0.2, 0.25) is 0 Å². The summed E-state index contributed by atoms with van der Waals surface area (Å²) in [5, 5.41) is -0.469. The van der Waals surface area contributed by atoms with Crippen LogP contribution in [0.3, 0.4) is 0 Å². The molecule has 0 saturated heterocycles. The molecule has 0 atom stereocenters. The van der Waals surface area contributed by atoms with Gasteiger partial charge in [-0.1, -0.05) is 0 Å². The van der Waals surface area contributed by atoms with Gasteiger partial charge in [0.05, 0.1) is 5.56 Å². The van der Waals surface area contributed by atoms with Crippen molar-refractivity contribution in [1.82, 2.24) is 4.98 Å². The molecular weight excluding hydrogens is 264 g/mol. The van der Waals surface area contributed by atoms with E-state index in [9.17, 15) is 4.79 Å². The van der Waals surface area contributed by atoms with Gasteiger partial charge in [-0.2, -0.15) is 0 Å². The smallest absolute Gasteiger partial charge is 0.253 e. The van der Waals surface area contributed by atoms with Crippen LogP contribution in [0.5, 0.6) is 0 Å². The topological polar surface area (TPSA) is 30.0 Å². The van der Waals surface area contributed by atoms with E-state index in [0.29, 0.717) is 5.56 Å². The lowest BCUT2D eigenvalue weighted by Gasteiger charge is -1.90. The molecule has 52 valence electrons. The third kappa shape index (κ3) is 1.91. The summed E-state index contributed by atoms with van der Waals surface area (Å²) < 4.78 is 0.847. The highest BCUT2D eigenvalue weighted by atomic mass is 127. The molecular formula is C6H3ClINO. The van der Waals surface area contributed by atoms with Gasteiger partial charge >= 0.3 is 0 Å². The predicted octanol–water partition coefficient (Wildman–Crippen LogP) is 2.07. The SMILES string of the molecule is O=C(Cl)c1ccc(I)nc1. The van der Waals surface area contributed by atoms with Crippen LogP contribution in [-0.4, -0.2) is 10.2 Å². The van der Waals surface area contributed by atoms with Crippen LogP contribution in [-0.2, 0) is 0 Å². The zero-order valence-corrected chi connectivity index (χ0v) is 7.76. The standard InChI is InChI=1S/C6H3ClINO/c7-6(10)4-1-2-5(8)9-3-4/h1-3H. The van der Waals surface area contributed by atoms with E-state index in [1.165, 1.54) is 6.20 Å². The van der Waals surface area contributed by atoms with Crippen molar-refractivity contribution in [2.24, 2.45) is 0 Å². The first-order valence-electron chi connectivity index (χ1n) is 2.51. The van der Waals surface area contributed by atoms with E-state index in [4.69, 9.17) is 11.6 Å². The summed E-state index contributed by atoms with van der Waals surface area (Å²) in [7, 11) is 0. The largest absolute Gasteiger partial charge is 0.276 e. The number of nitrogens with zero attached hydrogens (tertiary/aromatic N) is 1. The van der Waals surface area contributed by atoms with Gasteiger partial charge in [-0.25, -0.2) is 4.98 Å². The second kappa shape index (κ2) is 3.30. The Morgan fingerprint density at radius 3 is 2.70 bits per heavy atom. The second-order valence-electron chi connectivity index (χ2n) is 1.64. The molecule has 0 aliphatic heterocycles. The van der Waals surface area contributed by atoms with Crippen molar-refractivity contribution in [2.75, 3.05) is 0 Å². The lowest BCUT2D eigenvalue weighted by Crippen LogP contribution is -1.89. The van der Waals surface area contributed by atoms with E-state index in [0.717, 1.165) is 3.70 Å². The monoisotopic (exact) mass is 267 g/mol. The molecule has 1 aromatic rings. The number of hydrogen-bond donors (Lipinski definition) is 0. The van der Waals surface area contributed by atoms with Crippen molar-refractivity contribution in [1.29, 1.82) is 0 Å². The highest BCUT2D eigenvalue weighted by Gasteiger charge is 1.99. The van der Waals surface area contributed by atoms with Crippen molar-refractivity contribution in [3.8, 4) is 0 Å². The lowest BCUT2D eigenvalue weighted by molar-refractivity contribution is 0.108. The van der Waals surface area contributed by atoms with E-state index in [2.05, 4.69) is 27.6 Å². The Balaban J connectivity index is 3.00. The molecule has 1 rings (SSSR count). The summed E-state index contributed by atoms with van der Waals surface area (Å²) in [5.74, 6) is 0. The number of hydrogen-bond acceptors (Lipinski definition) is 2. The summed E-state index contributed by atoms with van der Waals surface area (Å²) in [5.41, 5.74) is 0.432. The van der Waals surface area contributed by atoms with E-state index in [1.54, 1.807) is 12.1 Å². The average Bonchev–Trinajstić information content (AvgIpc) is 1.88. The number of carbonyl (C=O) groups is 1. The van der Waals surface area contributed by atoms with Gasteiger partial charge in [-0.05, 0) is 46.3 Å². The Morgan fingerprint density at radius 2 is 2.30 bits per heavy atom. The number of aromatic nitrogens is 1. The van der Waals surface area contributed by atoms with Crippen LogP contribution in [0.15, 0.2) is 18.3 Å². The molecule has 0 radical (unpaired) electrons. The van der Waals surface area contributed by atoms with Crippen LogP contribution in [0, 0.1) is 3.70 Å². The van der Waals surface area contributed by atoms with Crippen LogP contribution >= 0.6 is 34.2 Å². The van der Waals surface area contributed by atoms with Crippen molar-refractivity contribution >= 4 is 39.4 Å². The number of pyridine rings is 1. The first-order valence-corrected chi connectivity index (χ1v) is 3.97. The Morgan fingerprint density at radius 1 is 1.60 bits per heavy atom. The predicted molar refractivity (Wildman–Crippen MR) is 47.1 cm³/mol. The maximum absolute atomic E-state index is 10.5. The maximum Gasteiger partial charge on any atom is 0.253 e. The van der Waals surface area contributed by atoms with Gasteiger partial charge in [0.2, 0.25) is 0 Å². The molecule has 0 saturated carbocycles. The molecule has 0 aromatic carbocycles. The Labute approximate surface area is 76.7 Å². The molecule has 0 fully saturated rings. The molecule has 0 aliphatic carbocycles. The molecule has 10 heavy (non-hydrogen) atoms. The van der Waals surface area contributed by atoms with Crippen LogP contribution in [0.1, 0.15) is 10.4 Å². The summed E-state index contributed by atoms with van der Waals surface area (Å²) >= 11 is 7.23. The second-order valence-corrected chi connectivity index (χ2v) is 3.09. The minimum absolute atomic E-state index is 0.432. The fraction of sp³-hybridized carbons (Fsp3) is 0. The lowest BCUT2D eigenvalue weighted by atomic mass is 10.3. The maximum atomic E-state index is 10.5. The summed E-state index contributed by atoms with van der Waals surface area (Å²) in [6, 6.07) is 3.38. The molecule has 0 N–H and O–H groups in total. The quantitative estimate of drug-likeness (QED) is 0.443. The van der Waals surface area contributed by atoms with Crippen LogP contribution < -0.4 is 0 Å². The zero-order chi connectivity index (χ0) is 7.56. The van der Waals surface area contributed by atoms with Gasteiger partial charge in [0, 0.05) is 6.20 Å². The summed E-state index contributed by atoms with van der Waals surface area (Å²) in [6.07, 6.45) is 1.46. The molecule has 0 bridgehead atoms. The van der Waals surface area contributed by atoms with E-state index >= 15 is 0 Å². The third-order valence-corrected chi connectivity index (χ3v) is 1.81. The minimum Gasteiger partial charge on any atom is -0.276 e. The molecule has 2 nitrogen and oxygen atoms in total. The van der Waals surface area contributed by atoms with Crippen LogP contribution in [0.4, 0.5) is 0 Å².